The molecule has 1 fully saturated rings. The second-order valence-electron chi connectivity index (χ2n) is 11.5. The molecule has 0 saturated heterocycles. The largest absolute Gasteiger partial charge is 0.453 e. The first-order valence-corrected chi connectivity index (χ1v) is 16.5. The predicted molar refractivity (Wildman–Crippen MR) is 165 cm³/mol. The highest BCUT2D eigenvalue weighted by atomic mass is 35.5. The summed E-state index contributed by atoms with van der Waals surface area (Å²) in [5, 5.41) is 25.8. The van der Waals surface area contributed by atoms with E-state index in [4.69, 9.17) is 16.3 Å². The van der Waals surface area contributed by atoms with Crippen LogP contribution in [-0.2, 0) is 32.6 Å². The van der Waals surface area contributed by atoms with Crippen LogP contribution < -0.4 is 10.6 Å². The zero-order valence-corrected chi connectivity index (χ0v) is 26.6. The lowest BCUT2D eigenvalue weighted by atomic mass is 10.0. The van der Waals surface area contributed by atoms with Gasteiger partial charge >= 0.3 is 6.09 Å². The lowest BCUT2D eigenvalue weighted by molar-refractivity contribution is -0.124. The van der Waals surface area contributed by atoms with Gasteiger partial charge in [0, 0.05) is 30.1 Å². The molecule has 3 atom stereocenters. The number of hydrogen-bond acceptors (Lipinski definition) is 7. The summed E-state index contributed by atoms with van der Waals surface area (Å²) in [7, 11) is -2.67. The molecule has 2 aromatic rings. The van der Waals surface area contributed by atoms with Gasteiger partial charge < -0.3 is 25.6 Å². The van der Waals surface area contributed by atoms with Gasteiger partial charge in [0.15, 0.2) is 0 Å². The first kappa shape index (κ1) is 34.8. The Morgan fingerprint density at radius 1 is 1.05 bits per heavy atom. The van der Waals surface area contributed by atoms with E-state index in [-0.39, 0.29) is 54.9 Å². The van der Waals surface area contributed by atoms with Gasteiger partial charge in [-0.1, -0.05) is 55.8 Å². The van der Waals surface area contributed by atoms with Crippen LogP contribution >= 0.6 is 11.6 Å². The van der Waals surface area contributed by atoms with E-state index in [1.54, 1.807) is 30.3 Å². The number of carbonyl (C=O) groups is 2. The van der Waals surface area contributed by atoms with E-state index in [1.807, 2.05) is 19.9 Å². The van der Waals surface area contributed by atoms with Crippen molar-refractivity contribution < 1.29 is 33.0 Å². The van der Waals surface area contributed by atoms with Crippen molar-refractivity contribution in [3.8, 4) is 0 Å². The Bertz CT molecular complexity index is 1300. The zero-order chi connectivity index (χ0) is 31.6. The number of carbonyl (C=O) groups excluding carboxylic acids is 2. The lowest BCUT2D eigenvalue weighted by Gasteiger charge is -2.32. The summed E-state index contributed by atoms with van der Waals surface area (Å²) in [6.07, 6.45) is 2.95. The van der Waals surface area contributed by atoms with Crippen molar-refractivity contribution >= 4 is 33.6 Å². The number of halogens is 1. The average Bonchev–Trinajstić information content (AvgIpc) is 3.84. The summed E-state index contributed by atoms with van der Waals surface area (Å²) in [4.78, 5) is 25.5. The molecule has 0 bridgehead atoms. The number of methoxy groups -OCH3 is 1. The van der Waals surface area contributed by atoms with E-state index in [1.165, 1.54) is 23.5 Å². The smallest absolute Gasteiger partial charge is 0.407 e. The molecular weight excluding hydrogens is 594 g/mol. The third-order valence-electron chi connectivity index (χ3n) is 7.62. The maximum Gasteiger partial charge on any atom is 0.407 e. The summed E-state index contributed by atoms with van der Waals surface area (Å²) in [5.74, 6) is -0.0381. The molecule has 10 nitrogen and oxygen atoms in total. The highest BCUT2D eigenvalue weighted by molar-refractivity contribution is 7.89. The van der Waals surface area contributed by atoms with Crippen LogP contribution in [0.2, 0.25) is 5.02 Å². The van der Waals surface area contributed by atoms with Crippen molar-refractivity contribution in [1.29, 1.82) is 0 Å². The number of nitrogens with one attached hydrogen (secondary N) is 2. The van der Waals surface area contributed by atoms with Gasteiger partial charge in [0.05, 0.1) is 25.2 Å². The Hall–Kier alpha value is -2.70. The van der Waals surface area contributed by atoms with Crippen LogP contribution in [0.3, 0.4) is 0 Å². The topological polar surface area (TPSA) is 145 Å². The molecule has 3 rings (SSSR count). The molecule has 12 heteroatoms. The van der Waals surface area contributed by atoms with E-state index < -0.39 is 28.2 Å². The van der Waals surface area contributed by atoms with Crippen molar-refractivity contribution in [3.63, 3.8) is 0 Å². The van der Waals surface area contributed by atoms with Crippen molar-refractivity contribution in [2.24, 2.45) is 11.8 Å². The number of amides is 2. The number of hydrogen-bond donors (Lipinski definition) is 4. The van der Waals surface area contributed by atoms with Gasteiger partial charge in [-0.2, -0.15) is 4.31 Å². The van der Waals surface area contributed by atoms with E-state index in [2.05, 4.69) is 10.6 Å². The molecule has 0 unspecified atom stereocenters. The fourth-order valence-electron chi connectivity index (χ4n) is 5.11. The molecule has 0 aromatic heterocycles. The quantitative estimate of drug-likeness (QED) is 0.206. The summed E-state index contributed by atoms with van der Waals surface area (Å²) in [5.41, 5.74) is 1.32. The van der Waals surface area contributed by atoms with Gasteiger partial charge in [-0.3, -0.25) is 4.79 Å². The van der Waals surface area contributed by atoms with Gasteiger partial charge in [-0.05, 0) is 73.3 Å². The number of benzene rings is 2. The molecular formula is C31H44ClN3O7S. The molecule has 4 N–H and O–H groups in total. The second kappa shape index (κ2) is 16.4. The van der Waals surface area contributed by atoms with E-state index in [9.17, 15) is 28.2 Å². The van der Waals surface area contributed by atoms with Crippen LogP contribution in [-0.4, -0.2) is 73.3 Å². The maximum atomic E-state index is 13.6. The first-order valence-electron chi connectivity index (χ1n) is 14.7. The number of ether oxygens (including phenoxy) is 1. The summed E-state index contributed by atoms with van der Waals surface area (Å²) >= 11 is 6.31. The highest BCUT2D eigenvalue weighted by Crippen LogP contribution is 2.35. The Labute approximate surface area is 259 Å². The standard InChI is InChI=1S/C31H44ClN3O7S/c1-21(2)18-35(43(40,41)26-15-11-22(19-36)12-16-26)25(20-37)8-6-10-28(23-13-14-23)33-30(38)29(34-31(39)42-3)17-24-7-4-5-9-27(24)32/h4-5,7,9,11-12,15-16,21,23,25,28-29,36-37H,6,8,10,13-14,17-20H2,1-3H3,(H,33,38)(H,34,39)/t25-,28+,29-/m0/s1. The summed E-state index contributed by atoms with van der Waals surface area (Å²) < 4.78 is 33.4. The van der Waals surface area contributed by atoms with Gasteiger partial charge in [-0.25, -0.2) is 13.2 Å². The minimum absolute atomic E-state index is 0.0244. The minimum Gasteiger partial charge on any atom is -0.453 e. The highest BCUT2D eigenvalue weighted by Gasteiger charge is 2.35. The molecule has 1 saturated carbocycles. The van der Waals surface area contributed by atoms with Crippen molar-refractivity contribution in [2.75, 3.05) is 20.3 Å². The maximum absolute atomic E-state index is 13.6. The molecule has 0 aliphatic heterocycles. The normalized spacial score (nSPS) is 15.6. The van der Waals surface area contributed by atoms with Gasteiger partial charge in [-0.15, -0.1) is 0 Å². The van der Waals surface area contributed by atoms with Crippen LogP contribution in [0.1, 0.15) is 57.1 Å². The Morgan fingerprint density at radius 3 is 2.28 bits per heavy atom. The number of aliphatic hydroxyl groups excluding tert-OH is 2. The summed E-state index contributed by atoms with van der Waals surface area (Å²) in [6, 6.07) is 11.5. The molecule has 1 aliphatic carbocycles. The SMILES string of the molecule is COC(=O)N[C@@H](Cc1ccccc1Cl)C(=O)N[C@H](CCC[C@@H](CO)N(CC(C)C)S(=O)(=O)c1ccc(CO)cc1)C1CC1. The first-order chi connectivity index (χ1) is 20.5. The minimum atomic E-state index is -3.91. The second-order valence-corrected chi connectivity index (χ2v) is 13.8. The molecule has 0 radical (unpaired) electrons. The van der Waals surface area contributed by atoms with Gasteiger partial charge in [0.2, 0.25) is 15.9 Å². The van der Waals surface area contributed by atoms with E-state index >= 15 is 0 Å². The van der Waals surface area contributed by atoms with Gasteiger partial charge in [0.25, 0.3) is 0 Å². The Morgan fingerprint density at radius 2 is 1.72 bits per heavy atom. The third kappa shape index (κ3) is 10.2. The van der Waals surface area contributed by atoms with Crippen LogP contribution in [0.5, 0.6) is 0 Å². The molecule has 238 valence electrons. The fourth-order valence-corrected chi connectivity index (χ4v) is 7.13. The van der Waals surface area contributed by atoms with Crippen LogP contribution in [0, 0.1) is 11.8 Å². The molecule has 2 aromatic carbocycles. The Kier molecular flexibility index (Phi) is 13.3. The number of rotatable bonds is 17. The molecule has 0 heterocycles. The third-order valence-corrected chi connectivity index (χ3v) is 9.92. The van der Waals surface area contributed by atoms with Crippen LogP contribution in [0.15, 0.2) is 53.4 Å². The molecule has 0 spiro atoms. The molecule has 2 amide bonds. The Balaban J connectivity index is 1.70. The van der Waals surface area contributed by atoms with Crippen molar-refractivity contribution in [3.05, 3.63) is 64.7 Å². The predicted octanol–water partition coefficient (Wildman–Crippen LogP) is 3.87. The number of nitrogens with zero attached hydrogens (tertiary/aromatic N) is 1. The molecule has 43 heavy (non-hydrogen) atoms. The zero-order valence-electron chi connectivity index (χ0n) is 25.0. The lowest BCUT2D eigenvalue weighted by Crippen LogP contribution is -2.51. The van der Waals surface area contributed by atoms with E-state index in [0.717, 1.165) is 12.8 Å². The van der Waals surface area contributed by atoms with Crippen LogP contribution in [0.4, 0.5) is 4.79 Å². The number of aliphatic hydroxyl groups is 2. The fraction of sp³-hybridized carbons (Fsp3) is 0.548. The summed E-state index contributed by atoms with van der Waals surface area (Å²) in [6.45, 7) is 3.55. The molecule has 1 aliphatic rings. The van der Waals surface area contributed by atoms with E-state index in [0.29, 0.717) is 35.4 Å². The monoisotopic (exact) mass is 637 g/mol. The average molecular weight is 638 g/mol. The number of sulfonamides is 1. The number of alkyl carbamates (subject to hydrolysis) is 1. The van der Waals surface area contributed by atoms with Crippen molar-refractivity contribution in [2.45, 2.75) is 82.0 Å². The van der Waals surface area contributed by atoms with Crippen molar-refractivity contribution in [1.82, 2.24) is 14.9 Å². The van der Waals surface area contributed by atoms with Gasteiger partial charge in [0.1, 0.15) is 6.04 Å². The van der Waals surface area contributed by atoms with Crippen LogP contribution in [0.25, 0.3) is 0 Å².